The Morgan fingerprint density at radius 3 is 2.85 bits per heavy atom. The normalized spacial score (nSPS) is 22.3. The van der Waals surface area contributed by atoms with Gasteiger partial charge in [-0.05, 0) is 36.5 Å². The molecule has 3 N–H and O–H groups in total. The average molecular weight is 276 g/mol. The van der Waals surface area contributed by atoms with Gasteiger partial charge in [0, 0.05) is 12.2 Å². The van der Waals surface area contributed by atoms with Crippen molar-refractivity contribution in [3.05, 3.63) is 23.8 Å². The Morgan fingerprint density at radius 1 is 1.40 bits per heavy atom. The minimum Gasteiger partial charge on any atom is -0.496 e. The molecule has 4 heteroatoms. The van der Waals surface area contributed by atoms with Gasteiger partial charge in [-0.3, -0.25) is 4.79 Å². The fourth-order valence-electron chi connectivity index (χ4n) is 2.92. The molecule has 1 fully saturated rings. The molecule has 1 aliphatic rings. The summed E-state index contributed by atoms with van der Waals surface area (Å²) in [6.07, 6.45) is 5.05. The molecule has 1 aromatic rings. The third-order valence-electron chi connectivity index (χ3n) is 4.28. The van der Waals surface area contributed by atoms with E-state index in [-0.39, 0.29) is 5.91 Å². The second-order valence-corrected chi connectivity index (χ2v) is 5.69. The highest BCUT2D eigenvalue weighted by molar-refractivity contribution is 5.97. The van der Waals surface area contributed by atoms with Gasteiger partial charge in [-0.1, -0.05) is 26.2 Å². The molecule has 0 bridgehead atoms. The molecule has 1 saturated carbocycles. The van der Waals surface area contributed by atoms with Crippen molar-refractivity contribution in [2.75, 3.05) is 19.4 Å². The molecule has 2 rings (SSSR count). The highest BCUT2D eigenvalue weighted by Crippen LogP contribution is 2.29. The zero-order chi connectivity index (χ0) is 14.5. The van der Waals surface area contributed by atoms with Crippen LogP contribution < -0.4 is 15.8 Å². The van der Waals surface area contributed by atoms with E-state index in [9.17, 15) is 4.79 Å². The predicted molar refractivity (Wildman–Crippen MR) is 80.9 cm³/mol. The van der Waals surface area contributed by atoms with Crippen LogP contribution >= 0.6 is 0 Å². The van der Waals surface area contributed by atoms with Crippen LogP contribution in [0.4, 0.5) is 5.69 Å². The first-order valence-corrected chi connectivity index (χ1v) is 7.33. The van der Waals surface area contributed by atoms with Gasteiger partial charge in [0.1, 0.15) is 5.75 Å². The SMILES string of the molecule is COc1ccc(N)cc1C(=O)NCC1CCCCC1C. The van der Waals surface area contributed by atoms with Gasteiger partial charge in [-0.2, -0.15) is 0 Å². The number of ether oxygens (including phenoxy) is 1. The number of hydrogen-bond donors (Lipinski definition) is 2. The van der Waals surface area contributed by atoms with Crippen LogP contribution in [0, 0.1) is 11.8 Å². The van der Waals surface area contributed by atoms with Crippen LogP contribution in [0.5, 0.6) is 5.75 Å². The van der Waals surface area contributed by atoms with Crippen LogP contribution in [-0.2, 0) is 0 Å². The van der Waals surface area contributed by atoms with Crippen molar-refractivity contribution in [2.45, 2.75) is 32.6 Å². The zero-order valence-corrected chi connectivity index (χ0v) is 12.3. The van der Waals surface area contributed by atoms with E-state index in [0.717, 1.165) is 6.54 Å². The summed E-state index contributed by atoms with van der Waals surface area (Å²) in [5.41, 5.74) is 6.83. The quantitative estimate of drug-likeness (QED) is 0.831. The molecule has 0 radical (unpaired) electrons. The van der Waals surface area contributed by atoms with Crippen LogP contribution in [0.1, 0.15) is 43.0 Å². The highest BCUT2D eigenvalue weighted by Gasteiger charge is 2.22. The van der Waals surface area contributed by atoms with Crippen molar-refractivity contribution >= 4 is 11.6 Å². The van der Waals surface area contributed by atoms with E-state index in [1.165, 1.54) is 25.7 Å². The maximum absolute atomic E-state index is 12.3. The van der Waals surface area contributed by atoms with E-state index < -0.39 is 0 Å². The van der Waals surface area contributed by atoms with Gasteiger partial charge >= 0.3 is 0 Å². The lowest BCUT2D eigenvalue weighted by atomic mass is 9.80. The van der Waals surface area contributed by atoms with E-state index in [1.54, 1.807) is 25.3 Å². The topological polar surface area (TPSA) is 64.3 Å². The fraction of sp³-hybridized carbons (Fsp3) is 0.562. The number of benzene rings is 1. The van der Waals surface area contributed by atoms with E-state index in [4.69, 9.17) is 10.5 Å². The lowest BCUT2D eigenvalue weighted by molar-refractivity contribution is 0.0933. The van der Waals surface area contributed by atoms with Gasteiger partial charge in [-0.25, -0.2) is 0 Å². The largest absolute Gasteiger partial charge is 0.496 e. The number of amides is 1. The lowest BCUT2D eigenvalue weighted by Gasteiger charge is -2.28. The van der Waals surface area contributed by atoms with E-state index in [1.807, 2.05) is 0 Å². The summed E-state index contributed by atoms with van der Waals surface area (Å²) in [5, 5.41) is 3.03. The number of rotatable bonds is 4. The van der Waals surface area contributed by atoms with Crippen molar-refractivity contribution in [1.82, 2.24) is 5.32 Å². The molecule has 2 unspecified atom stereocenters. The van der Waals surface area contributed by atoms with Crippen LogP contribution in [0.25, 0.3) is 0 Å². The summed E-state index contributed by atoms with van der Waals surface area (Å²) in [7, 11) is 1.56. The smallest absolute Gasteiger partial charge is 0.255 e. The monoisotopic (exact) mass is 276 g/mol. The highest BCUT2D eigenvalue weighted by atomic mass is 16.5. The Balaban J connectivity index is 1.99. The molecule has 4 nitrogen and oxygen atoms in total. The maximum atomic E-state index is 12.3. The number of hydrogen-bond acceptors (Lipinski definition) is 3. The van der Waals surface area contributed by atoms with Crippen molar-refractivity contribution in [3.63, 3.8) is 0 Å². The molecule has 1 aliphatic carbocycles. The van der Waals surface area contributed by atoms with Gasteiger partial charge in [0.2, 0.25) is 0 Å². The minimum atomic E-state index is -0.105. The van der Waals surface area contributed by atoms with Crippen molar-refractivity contribution in [2.24, 2.45) is 11.8 Å². The number of nitrogen functional groups attached to an aromatic ring is 1. The van der Waals surface area contributed by atoms with E-state index >= 15 is 0 Å². The average Bonchev–Trinajstić information content (AvgIpc) is 2.46. The van der Waals surface area contributed by atoms with Gasteiger partial charge in [0.25, 0.3) is 5.91 Å². The first-order valence-electron chi connectivity index (χ1n) is 7.33. The molecule has 1 amide bonds. The van der Waals surface area contributed by atoms with E-state index in [2.05, 4.69) is 12.2 Å². The number of carbonyl (C=O) groups excluding carboxylic acids is 1. The van der Waals surface area contributed by atoms with Gasteiger partial charge in [0.05, 0.1) is 12.7 Å². The van der Waals surface area contributed by atoms with E-state index in [0.29, 0.717) is 28.8 Å². The number of methoxy groups -OCH3 is 1. The molecule has 0 aliphatic heterocycles. The molecule has 2 atom stereocenters. The predicted octanol–water partition coefficient (Wildman–Crippen LogP) is 2.83. The van der Waals surface area contributed by atoms with Crippen molar-refractivity contribution in [3.8, 4) is 5.75 Å². The van der Waals surface area contributed by atoms with Crippen molar-refractivity contribution in [1.29, 1.82) is 0 Å². The summed E-state index contributed by atoms with van der Waals surface area (Å²) in [6, 6.07) is 5.13. The first-order chi connectivity index (χ1) is 9.61. The molecular weight excluding hydrogens is 252 g/mol. The minimum absolute atomic E-state index is 0.105. The molecule has 110 valence electrons. The van der Waals surface area contributed by atoms with Crippen LogP contribution in [-0.4, -0.2) is 19.6 Å². The Kier molecular flexibility index (Phi) is 4.88. The van der Waals surface area contributed by atoms with Gasteiger partial charge < -0.3 is 15.8 Å². The molecule has 0 aromatic heterocycles. The molecule has 0 spiro atoms. The Hall–Kier alpha value is -1.71. The van der Waals surface area contributed by atoms with Gasteiger partial charge in [0.15, 0.2) is 0 Å². The number of anilines is 1. The number of nitrogens with one attached hydrogen (secondary N) is 1. The maximum Gasteiger partial charge on any atom is 0.255 e. The molecular formula is C16H24N2O2. The first kappa shape index (κ1) is 14.7. The molecule has 0 saturated heterocycles. The summed E-state index contributed by atoms with van der Waals surface area (Å²) in [4.78, 5) is 12.3. The van der Waals surface area contributed by atoms with Crippen LogP contribution in [0.3, 0.4) is 0 Å². The van der Waals surface area contributed by atoms with Gasteiger partial charge in [-0.15, -0.1) is 0 Å². The Bertz CT molecular complexity index is 474. The Morgan fingerprint density at radius 2 is 2.15 bits per heavy atom. The number of nitrogens with two attached hydrogens (primary N) is 1. The van der Waals surface area contributed by atoms with Crippen LogP contribution in [0.2, 0.25) is 0 Å². The third kappa shape index (κ3) is 3.44. The summed E-state index contributed by atoms with van der Waals surface area (Å²) in [5.74, 6) is 1.73. The zero-order valence-electron chi connectivity index (χ0n) is 12.3. The summed E-state index contributed by atoms with van der Waals surface area (Å²) >= 11 is 0. The van der Waals surface area contributed by atoms with Crippen LogP contribution in [0.15, 0.2) is 18.2 Å². The standard InChI is InChI=1S/C16H24N2O2/c1-11-5-3-4-6-12(11)10-18-16(19)14-9-13(17)7-8-15(14)20-2/h7-9,11-12H,3-6,10,17H2,1-2H3,(H,18,19). The second-order valence-electron chi connectivity index (χ2n) is 5.69. The summed E-state index contributed by atoms with van der Waals surface area (Å²) in [6.45, 7) is 3.01. The third-order valence-corrected chi connectivity index (χ3v) is 4.28. The fourth-order valence-corrected chi connectivity index (χ4v) is 2.92. The summed E-state index contributed by atoms with van der Waals surface area (Å²) < 4.78 is 5.22. The molecule has 0 heterocycles. The molecule has 1 aromatic carbocycles. The Labute approximate surface area is 120 Å². The lowest BCUT2D eigenvalue weighted by Crippen LogP contribution is -2.33. The number of carbonyl (C=O) groups is 1. The molecule has 20 heavy (non-hydrogen) atoms. The second kappa shape index (κ2) is 6.64. The van der Waals surface area contributed by atoms with Crippen molar-refractivity contribution < 1.29 is 9.53 Å².